The van der Waals surface area contributed by atoms with Crippen molar-refractivity contribution in [2.45, 2.75) is 57.5 Å². The fraction of sp³-hybridized carbons (Fsp3) is 0.550. The number of aliphatic hydroxyl groups is 1. The Hall–Kier alpha value is -2.41. The largest absolute Gasteiger partial charge is 0.456 e. The third-order valence-corrected chi connectivity index (χ3v) is 6.31. The Labute approximate surface area is 156 Å². The zero-order chi connectivity index (χ0) is 19.5. The predicted octanol–water partition coefficient (Wildman–Crippen LogP) is 1.36. The Kier molecular flexibility index (Phi) is 4.03. The van der Waals surface area contributed by atoms with Crippen LogP contribution in [0.2, 0.25) is 0 Å². The molecule has 0 aromatic heterocycles. The van der Waals surface area contributed by atoms with E-state index in [9.17, 15) is 19.5 Å². The van der Waals surface area contributed by atoms with Crippen molar-refractivity contribution in [3.05, 3.63) is 35.5 Å². The Bertz CT molecular complexity index is 807. The quantitative estimate of drug-likeness (QED) is 0.337. The molecule has 6 atom stereocenters. The van der Waals surface area contributed by atoms with Gasteiger partial charge < -0.3 is 19.3 Å². The van der Waals surface area contributed by atoms with Crippen LogP contribution in [0.25, 0.3) is 0 Å². The summed E-state index contributed by atoms with van der Waals surface area (Å²) in [7, 11) is 0. The van der Waals surface area contributed by atoms with Crippen molar-refractivity contribution in [3.8, 4) is 0 Å². The Morgan fingerprint density at radius 3 is 2.81 bits per heavy atom. The van der Waals surface area contributed by atoms with Crippen LogP contribution in [0.3, 0.4) is 0 Å². The minimum atomic E-state index is -1.16. The lowest BCUT2D eigenvalue weighted by atomic mass is 9.59. The third-order valence-electron chi connectivity index (χ3n) is 6.31. The molecule has 0 radical (unpaired) electrons. The van der Waals surface area contributed by atoms with E-state index in [1.54, 1.807) is 26.0 Å². The number of hydrogen-bond acceptors (Lipinski definition) is 7. The van der Waals surface area contributed by atoms with Gasteiger partial charge in [0.15, 0.2) is 12.2 Å². The minimum absolute atomic E-state index is 0.181. The van der Waals surface area contributed by atoms with Gasteiger partial charge in [-0.15, -0.1) is 0 Å². The normalized spacial score (nSPS) is 40.4. The molecule has 2 heterocycles. The van der Waals surface area contributed by atoms with Gasteiger partial charge in [0.25, 0.3) is 0 Å². The Balaban J connectivity index is 1.82. The number of fused-ring (bicyclic) bond motifs is 2. The van der Waals surface area contributed by atoms with Crippen LogP contribution in [-0.4, -0.2) is 47.4 Å². The first-order chi connectivity index (χ1) is 12.8. The van der Waals surface area contributed by atoms with Crippen molar-refractivity contribution in [1.29, 1.82) is 0 Å². The fourth-order valence-corrected chi connectivity index (χ4v) is 4.62. The molecule has 1 saturated carbocycles. The summed E-state index contributed by atoms with van der Waals surface area (Å²) in [6, 6.07) is 0. The van der Waals surface area contributed by atoms with Crippen LogP contribution in [0.5, 0.6) is 0 Å². The standard InChI is InChI=1S/C20H22O7/c1-4-9(2)17(22)26-14-13-10(3)18(23)25-12(13)8-11-6-5-7-20(15(11)21)16(14)27-19(20)24/h4,8,12-16,21H,3,5-7H2,1-2H3. The summed E-state index contributed by atoms with van der Waals surface area (Å²) >= 11 is 0. The van der Waals surface area contributed by atoms with E-state index in [-0.39, 0.29) is 5.57 Å². The molecule has 0 amide bonds. The molecule has 4 aliphatic rings. The molecule has 7 nitrogen and oxygen atoms in total. The summed E-state index contributed by atoms with van der Waals surface area (Å²) in [6.07, 6.45) is 1.47. The van der Waals surface area contributed by atoms with E-state index >= 15 is 0 Å². The molecule has 2 aliphatic heterocycles. The lowest BCUT2D eigenvalue weighted by Crippen LogP contribution is -2.70. The molecule has 2 aliphatic carbocycles. The average Bonchev–Trinajstić information content (AvgIpc) is 2.92. The van der Waals surface area contributed by atoms with Gasteiger partial charge in [-0.25, -0.2) is 9.59 Å². The molecule has 1 spiro atoms. The van der Waals surface area contributed by atoms with Gasteiger partial charge in [-0.3, -0.25) is 4.79 Å². The fourth-order valence-electron chi connectivity index (χ4n) is 4.62. The number of hydrogen-bond donors (Lipinski definition) is 1. The Morgan fingerprint density at radius 1 is 1.41 bits per heavy atom. The topological polar surface area (TPSA) is 99.1 Å². The molecule has 4 rings (SSSR count). The molecule has 3 fully saturated rings. The molecular weight excluding hydrogens is 352 g/mol. The highest BCUT2D eigenvalue weighted by Crippen LogP contribution is 2.55. The second kappa shape index (κ2) is 6.05. The van der Waals surface area contributed by atoms with Gasteiger partial charge in [-0.05, 0) is 44.8 Å². The lowest BCUT2D eigenvalue weighted by molar-refractivity contribution is -0.253. The highest BCUT2D eigenvalue weighted by atomic mass is 16.6. The SMILES string of the molecule is C=C1C(=O)OC2C=C3CCCC4(C(=O)OC4C(OC(=O)C(C)=CC)C12)C3O. The second-order valence-electron chi connectivity index (χ2n) is 7.63. The first-order valence-electron chi connectivity index (χ1n) is 9.14. The molecular formula is C20H22O7. The monoisotopic (exact) mass is 374 g/mol. The van der Waals surface area contributed by atoms with E-state index in [1.807, 2.05) is 0 Å². The maximum atomic E-state index is 12.5. The molecule has 2 bridgehead atoms. The van der Waals surface area contributed by atoms with Gasteiger partial charge in [0, 0.05) is 11.1 Å². The molecule has 1 N–H and O–H groups in total. The minimum Gasteiger partial charge on any atom is -0.456 e. The van der Waals surface area contributed by atoms with E-state index in [0.717, 1.165) is 0 Å². The predicted molar refractivity (Wildman–Crippen MR) is 92.1 cm³/mol. The van der Waals surface area contributed by atoms with E-state index in [0.29, 0.717) is 30.4 Å². The van der Waals surface area contributed by atoms with Crippen LogP contribution in [0, 0.1) is 11.3 Å². The summed E-state index contributed by atoms with van der Waals surface area (Å²) in [4.78, 5) is 37.1. The summed E-state index contributed by atoms with van der Waals surface area (Å²) in [5.74, 6) is -2.30. The summed E-state index contributed by atoms with van der Waals surface area (Å²) in [5, 5.41) is 10.9. The van der Waals surface area contributed by atoms with Crippen molar-refractivity contribution in [2.24, 2.45) is 11.3 Å². The third kappa shape index (κ3) is 2.34. The summed E-state index contributed by atoms with van der Waals surface area (Å²) in [6.45, 7) is 7.14. The van der Waals surface area contributed by atoms with Crippen molar-refractivity contribution in [2.75, 3.05) is 0 Å². The molecule has 0 aromatic carbocycles. The Morgan fingerprint density at radius 2 is 2.15 bits per heavy atom. The zero-order valence-corrected chi connectivity index (χ0v) is 15.3. The molecule has 0 aromatic rings. The number of rotatable bonds is 2. The van der Waals surface area contributed by atoms with Crippen LogP contribution >= 0.6 is 0 Å². The molecule has 144 valence electrons. The lowest BCUT2D eigenvalue weighted by Gasteiger charge is -2.55. The van der Waals surface area contributed by atoms with E-state index < -0.39 is 53.7 Å². The summed E-state index contributed by atoms with van der Waals surface area (Å²) in [5.41, 5.74) is 0.0789. The summed E-state index contributed by atoms with van der Waals surface area (Å²) < 4.78 is 16.5. The zero-order valence-electron chi connectivity index (χ0n) is 15.3. The van der Waals surface area contributed by atoms with Gasteiger partial charge in [0.05, 0.1) is 12.0 Å². The van der Waals surface area contributed by atoms with Gasteiger partial charge in [-0.2, -0.15) is 0 Å². The number of carbonyl (C=O) groups excluding carboxylic acids is 3. The number of ether oxygens (including phenoxy) is 3. The van der Waals surface area contributed by atoms with Crippen molar-refractivity contribution < 1.29 is 33.7 Å². The first-order valence-corrected chi connectivity index (χ1v) is 9.14. The number of carbonyl (C=O) groups is 3. The van der Waals surface area contributed by atoms with Crippen LogP contribution in [0.15, 0.2) is 35.5 Å². The highest BCUT2D eigenvalue weighted by molar-refractivity contribution is 5.93. The van der Waals surface area contributed by atoms with Gasteiger partial charge in [0.2, 0.25) is 0 Å². The highest BCUT2D eigenvalue weighted by Gasteiger charge is 2.70. The van der Waals surface area contributed by atoms with E-state index in [1.165, 1.54) is 0 Å². The number of aliphatic hydroxyl groups excluding tert-OH is 1. The maximum Gasteiger partial charge on any atom is 0.334 e. The average molecular weight is 374 g/mol. The van der Waals surface area contributed by atoms with Crippen LogP contribution in [-0.2, 0) is 28.6 Å². The second-order valence-corrected chi connectivity index (χ2v) is 7.63. The molecule has 7 heteroatoms. The molecule has 2 saturated heterocycles. The number of allylic oxidation sites excluding steroid dienone is 1. The smallest absolute Gasteiger partial charge is 0.334 e. The molecule has 27 heavy (non-hydrogen) atoms. The van der Waals surface area contributed by atoms with E-state index in [4.69, 9.17) is 14.2 Å². The van der Waals surface area contributed by atoms with Crippen molar-refractivity contribution in [1.82, 2.24) is 0 Å². The van der Waals surface area contributed by atoms with Crippen molar-refractivity contribution >= 4 is 17.9 Å². The van der Waals surface area contributed by atoms with Gasteiger partial charge in [0.1, 0.15) is 11.5 Å². The van der Waals surface area contributed by atoms with Crippen molar-refractivity contribution in [3.63, 3.8) is 0 Å². The first kappa shape index (κ1) is 18.0. The molecule has 6 unspecified atom stereocenters. The number of esters is 3. The van der Waals surface area contributed by atoms with Gasteiger partial charge in [-0.1, -0.05) is 12.7 Å². The van der Waals surface area contributed by atoms with Crippen LogP contribution in [0.4, 0.5) is 0 Å². The van der Waals surface area contributed by atoms with Gasteiger partial charge >= 0.3 is 17.9 Å². The van der Waals surface area contributed by atoms with Crippen LogP contribution in [0.1, 0.15) is 33.1 Å². The maximum absolute atomic E-state index is 12.5. The van der Waals surface area contributed by atoms with Crippen LogP contribution < -0.4 is 0 Å². The van der Waals surface area contributed by atoms with E-state index in [2.05, 4.69) is 6.58 Å².